The maximum atomic E-state index is 11.1. The fraction of sp³-hybridized carbons (Fsp3) is 0.444. The fourth-order valence-electron chi connectivity index (χ4n) is 3.39. The second-order valence-electron chi connectivity index (χ2n) is 6.75. The molecule has 5 heteroatoms. The number of rotatable bonds is 4. The highest BCUT2D eigenvalue weighted by atomic mass is 16.6. The fourth-order valence-corrected chi connectivity index (χ4v) is 3.39. The summed E-state index contributed by atoms with van der Waals surface area (Å²) < 4.78 is 2.05. The quantitative estimate of drug-likeness (QED) is 0.636. The zero-order valence-corrected chi connectivity index (χ0v) is 14.0. The van der Waals surface area contributed by atoms with Crippen LogP contribution in [0.5, 0.6) is 0 Å². The number of non-ortho nitro benzene ring substituents is 1. The van der Waals surface area contributed by atoms with E-state index in [1.165, 1.54) is 5.57 Å². The van der Waals surface area contributed by atoms with Crippen molar-refractivity contribution in [2.75, 3.05) is 19.6 Å². The molecule has 0 saturated carbocycles. The lowest BCUT2D eigenvalue weighted by Gasteiger charge is -2.27. The number of nitrogens with zero attached hydrogens (tertiary/aromatic N) is 3. The molecule has 1 aliphatic rings. The number of aromatic nitrogens is 1. The smallest absolute Gasteiger partial charge is 0.270 e. The van der Waals surface area contributed by atoms with Crippen LogP contribution in [0.2, 0.25) is 0 Å². The molecule has 23 heavy (non-hydrogen) atoms. The van der Waals surface area contributed by atoms with E-state index >= 15 is 0 Å². The van der Waals surface area contributed by atoms with Crippen LogP contribution >= 0.6 is 0 Å². The number of hydrogen-bond acceptors (Lipinski definition) is 3. The minimum Gasteiger partial charge on any atom is -0.350 e. The molecule has 2 heterocycles. The van der Waals surface area contributed by atoms with Gasteiger partial charge in [0, 0.05) is 61.5 Å². The predicted molar refractivity (Wildman–Crippen MR) is 93.4 cm³/mol. The molecular formula is C18H23N3O2. The first-order valence-corrected chi connectivity index (χ1v) is 8.11. The van der Waals surface area contributed by atoms with Gasteiger partial charge in [-0.05, 0) is 24.0 Å². The van der Waals surface area contributed by atoms with E-state index in [0.717, 1.165) is 42.5 Å². The minimum atomic E-state index is -0.324. The van der Waals surface area contributed by atoms with Crippen LogP contribution in [0.3, 0.4) is 0 Å². The molecule has 0 spiro atoms. The number of hydrogen-bond donors (Lipinski definition) is 0. The Morgan fingerprint density at radius 2 is 2.13 bits per heavy atom. The Hall–Kier alpha value is -2.14. The molecule has 1 aliphatic heterocycles. The standard InChI is InChI=1S/C18H23N3O2/c1-13(2)11-20-8-6-14(7-9-20)17-12-19(3)18-5-4-15(21(22)23)10-16(17)18/h4-6,10,12-13H,7-9,11H2,1-3H3. The zero-order valence-electron chi connectivity index (χ0n) is 14.0. The molecule has 1 aromatic carbocycles. The van der Waals surface area contributed by atoms with E-state index in [-0.39, 0.29) is 10.6 Å². The number of benzene rings is 1. The van der Waals surface area contributed by atoms with Gasteiger partial charge in [-0.2, -0.15) is 0 Å². The van der Waals surface area contributed by atoms with Crippen molar-refractivity contribution in [2.45, 2.75) is 20.3 Å². The van der Waals surface area contributed by atoms with Gasteiger partial charge in [0.1, 0.15) is 0 Å². The Labute approximate surface area is 136 Å². The van der Waals surface area contributed by atoms with Crippen LogP contribution in [-0.2, 0) is 7.05 Å². The lowest BCUT2D eigenvalue weighted by Crippen LogP contribution is -2.31. The van der Waals surface area contributed by atoms with Crippen LogP contribution in [0, 0.1) is 16.0 Å². The maximum absolute atomic E-state index is 11.1. The van der Waals surface area contributed by atoms with Crippen LogP contribution in [-0.4, -0.2) is 34.0 Å². The van der Waals surface area contributed by atoms with Crippen molar-refractivity contribution in [3.8, 4) is 0 Å². The van der Waals surface area contributed by atoms with Crippen molar-refractivity contribution in [1.29, 1.82) is 0 Å². The SMILES string of the molecule is CC(C)CN1CC=C(c2cn(C)c3ccc([N+](=O)[O-])cc23)CC1. The van der Waals surface area contributed by atoms with E-state index in [0.29, 0.717) is 5.92 Å². The van der Waals surface area contributed by atoms with Gasteiger partial charge in [0.2, 0.25) is 0 Å². The average molecular weight is 313 g/mol. The maximum Gasteiger partial charge on any atom is 0.270 e. The molecule has 0 amide bonds. The van der Waals surface area contributed by atoms with Gasteiger partial charge in [-0.3, -0.25) is 15.0 Å². The first-order valence-electron chi connectivity index (χ1n) is 8.11. The Kier molecular flexibility index (Phi) is 4.22. The van der Waals surface area contributed by atoms with E-state index in [4.69, 9.17) is 0 Å². The van der Waals surface area contributed by atoms with Gasteiger partial charge in [0.15, 0.2) is 0 Å². The van der Waals surface area contributed by atoms with Gasteiger partial charge in [0.25, 0.3) is 5.69 Å². The number of nitro benzene ring substituents is 1. The molecule has 0 radical (unpaired) electrons. The molecule has 5 nitrogen and oxygen atoms in total. The largest absolute Gasteiger partial charge is 0.350 e. The molecular weight excluding hydrogens is 290 g/mol. The number of nitro groups is 1. The van der Waals surface area contributed by atoms with Crippen molar-refractivity contribution in [3.05, 3.63) is 46.1 Å². The predicted octanol–water partition coefficient (Wildman–Crippen LogP) is 3.83. The summed E-state index contributed by atoms with van der Waals surface area (Å²) in [4.78, 5) is 13.2. The Bertz CT molecular complexity index is 774. The third-order valence-corrected chi connectivity index (χ3v) is 4.45. The lowest BCUT2D eigenvalue weighted by atomic mass is 9.98. The topological polar surface area (TPSA) is 51.3 Å². The van der Waals surface area contributed by atoms with Crippen molar-refractivity contribution in [1.82, 2.24) is 9.47 Å². The number of aryl methyl sites for hydroxylation is 1. The summed E-state index contributed by atoms with van der Waals surface area (Å²) in [5.74, 6) is 0.671. The van der Waals surface area contributed by atoms with Crippen LogP contribution in [0.4, 0.5) is 5.69 Å². The van der Waals surface area contributed by atoms with E-state index in [1.54, 1.807) is 12.1 Å². The Morgan fingerprint density at radius 3 is 2.74 bits per heavy atom. The van der Waals surface area contributed by atoms with Gasteiger partial charge >= 0.3 is 0 Å². The zero-order chi connectivity index (χ0) is 16.6. The molecule has 0 N–H and O–H groups in total. The average Bonchev–Trinajstić information content (AvgIpc) is 2.84. The van der Waals surface area contributed by atoms with Gasteiger partial charge in [0.05, 0.1) is 4.92 Å². The molecule has 2 aromatic rings. The van der Waals surface area contributed by atoms with Crippen LogP contribution < -0.4 is 0 Å². The summed E-state index contributed by atoms with van der Waals surface area (Å²) >= 11 is 0. The second kappa shape index (κ2) is 6.16. The first-order chi connectivity index (χ1) is 11.0. The monoisotopic (exact) mass is 313 g/mol. The molecule has 122 valence electrons. The van der Waals surface area contributed by atoms with E-state index in [9.17, 15) is 10.1 Å². The van der Waals surface area contributed by atoms with Gasteiger partial charge in [-0.15, -0.1) is 0 Å². The third-order valence-electron chi connectivity index (χ3n) is 4.45. The normalized spacial score (nSPS) is 16.1. The molecule has 0 bridgehead atoms. The van der Waals surface area contributed by atoms with Crippen LogP contribution in [0.25, 0.3) is 16.5 Å². The highest BCUT2D eigenvalue weighted by Crippen LogP contribution is 2.32. The molecule has 0 unspecified atom stereocenters. The van der Waals surface area contributed by atoms with Gasteiger partial charge in [-0.25, -0.2) is 0 Å². The van der Waals surface area contributed by atoms with Crippen molar-refractivity contribution >= 4 is 22.2 Å². The summed E-state index contributed by atoms with van der Waals surface area (Å²) in [6.45, 7) is 7.60. The molecule has 3 rings (SSSR count). The molecule has 0 saturated heterocycles. The van der Waals surface area contributed by atoms with Crippen molar-refractivity contribution < 1.29 is 4.92 Å². The lowest BCUT2D eigenvalue weighted by molar-refractivity contribution is -0.384. The van der Waals surface area contributed by atoms with Crippen LogP contribution in [0.1, 0.15) is 25.8 Å². The van der Waals surface area contributed by atoms with Crippen molar-refractivity contribution in [2.24, 2.45) is 13.0 Å². The second-order valence-corrected chi connectivity index (χ2v) is 6.75. The van der Waals surface area contributed by atoms with E-state index in [2.05, 4.69) is 35.6 Å². The Balaban J connectivity index is 1.95. The summed E-state index contributed by atoms with van der Waals surface area (Å²) in [7, 11) is 1.99. The Morgan fingerprint density at radius 1 is 1.35 bits per heavy atom. The summed E-state index contributed by atoms with van der Waals surface area (Å²) in [5, 5.41) is 12.0. The summed E-state index contributed by atoms with van der Waals surface area (Å²) in [6.07, 6.45) is 5.37. The highest BCUT2D eigenvalue weighted by molar-refractivity contribution is 5.94. The molecule has 0 atom stereocenters. The molecule has 0 fully saturated rings. The molecule has 1 aromatic heterocycles. The minimum absolute atomic E-state index is 0.155. The highest BCUT2D eigenvalue weighted by Gasteiger charge is 2.18. The molecule has 0 aliphatic carbocycles. The number of fused-ring (bicyclic) bond motifs is 1. The van der Waals surface area contributed by atoms with E-state index < -0.39 is 0 Å². The van der Waals surface area contributed by atoms with Crippen molar-refractivity contribution in [3.63, 3.8) is 0 Å². The van der Waals surface area contributed by atoms with Gasteiger partial charge in [-0.1, -0.05) is 19.9 Å². The first kappa shape index (κ1) is 15.7. The van der Waals surface area contributed by atoms with Crippen LogP contribution in [0.15, 0.2) is 30.5 Å². The summed E-state index contributed by atoms with van der Waals surface area (Å²) in [6, 6.07) is 5.11. The summed E-state index contributed by atoms with van der Waals surface area (Å²) in [5.41, 5.74) is 3.63. The van der Waals surface area contributed by atoms with E-state index in [1.807, 2.05) is 13.1 Å². The third kappa shape index (κ3) is 3.15. The van der Waals surface area contributed by atoms with Gasteiger partial charge < -0.3 is 4.57 Å².